The highest BCUT2D eigenvalue weighted by Crippen LogP contribution is 2.46. The summed E-state index contributed by atoms with van der Waals surface area (Å²) in [7, 11) is -3.68. The zero-order chi connectivity index (χ0) is 29.5. The molecule has 41 heavy (non-hydrogen) atoms. The number of allylic oxidation sites excluding steroid dienone is 1. The van der Waals surface area contributed by atoms with E-state index in [2.05, 4.69) is 10.3 Å². The van der Waals surface area contributed by atoms with Gasteiger partial charge in [-0.05, 0) is 51.7 Å². The van der Waals surface area contributed by atoms with Crippen LogP contribution in [0.15, 0.2) is 46.0 Å². The number of carbonyl (C=O) groups excluding carboxylic acids is 1. The number of piperidine rings is 1. The average molecular weight is 625 g/mol. The Balaban J connectivity index is 1.46. The molecule has 2 aliphatic heterocycles. The molecule has 220 valence electrons. The van der Waals surface area contributed by atoms with E-state index in [0.29, 0.717) is 34.9 Å². The van der Waals surface area contributed by atoms with E-state index in [1.807, 2.05) is 0 Å². The van der Waals surface area contributed by atoms with Gasteiger partial charge in [0.1, 0.15) is 11.9 Å². The number of aliphatic carboxylic acids is 1. The van der Waals surface area contributed by atoms with Crippen LogP contribution in [0.1, 0.15) is 56.1 Å². The van der Waals surface area contributed by atoms with Gasteiger partial charge >= 0.3 is 11.9 Å². The first-order valence-corrected chi connectivity index (χ1v) is 16.0. The lowest BCUT2D eigenvalue weighted by molar-refractivity contribution is -0.152. The Morgan fingerprint density at radius 1 is 1.29 bits per heavy atom. The molecule has 1 aromatic carbocycles. The number of hydrogen-bond acceptors (Lipinski definition) is 9. The number of thiazole rings is 1. The molecule has 3 aliphatic rings. The third kappa shape index (κ3) is 5.64. The van der Waals surface area contributed by atoms with Gasteiger partial charge in [0.05, 0.1) is 22.8 Å². The molecule has 1 atom stereocenters. The fraction of sp³-hybridized carbons (Fsp3) is 0.481. The Labute approximate surface area is 246 Å². The van der Waals surface area contributed by atoms with Gasteiger partial charge in [0.15, 0.2) is 10.8 Å². The number of aliphatic imine (C=N–C) groups is 1. The Morgan fingerprint density at radius 2 is 2.00 bits per heavy atom. The van der Waals surface area contributed by atoms with Crippen LogP contribution in [0.5, 0.6) is 0 Å². The number of benzene rings is 1. The standard InChI is InChI=1S/C27H30ClFN4O6S2/c1-3-39-25(34)20-21(15-6-9-33(10-7-15)41(37,38)17-13-27(2,14-17)26(35)36)31-23(24-30-8-11-40-24)32-22(20)18-5-4-16(29)12-19(18)28/h4-5,8,11-12,15,17,22H,3,6-7,9-10,13-14H2,1-2H3,(H,31,32)(H,35,36)/t17-,22-,27-/m1/s1. The smallest absolute Gasteiger partial charge is 0.338 e. The van der Waals surface area contributed by atoms with E-state index in [-0.39, 0.29) is 49.1 Å². The van der Waals surface area contributed by atoms with E-state index in [4.69, 9.17) is 21.3 Å². The number of esters is 1. The first-order valence-electron chi connectivity index (χ1n) is 13.3. The van der Waals surface area contributed by atoms with E-state index in [1.165, 1.54) is 33.8 Å². The minimum atomic E-state index is -3.68. The number of carboxylic acids is 1. The first-order chi connectivity index (χ1) is 19.4. The molecule has 0 unspecified atom stereocenters. The van der Waals surface area contributed by atoms with Gasteiger partial charge < -0.3 is 15.2 Å². The second-order valence-electron chi connectivity index (χ2n) is 10.7. The topological polar surface area (TPSA) is 138 Å². The minimum absolute atomic E-state index is 0.0814. The summed E-state index contributed by atoms with van der Waals surface area (Å²) >= 11 is 7.80. The molecular formula is C27H30ClFN4O6S2. The molecule has 2 N–H and O–H groups in total. The molecule has 0 spiro atoms. The van der Waals surface area contributed by atoms with Crippen molar-refractivity contribution in [2.45, 2.75) is 50.8 Å². The normalized spacial score (nSPS) is 25.7. The van der Waals surface area contributed by atoms with Gasteiger partial charge in [0.2, 0.25) is 10.0 Å². The quantitative estimate of drug-likeness (QED) is 0.418. The lowest BCUT2D eigenvalue weighted by Gasteiger charge is -2.44. The van der Waals surface area contributed by atoms with Crippen LogP contribution in [-0.2, 0) is 24.3 Å². The number of carbonyl (C=O) groups is 2. The summed E-state index contributed by atoms with van der Waals surface area (Å²) in [6.45, 7) is 3.80. The van der Waals surface area contributed by atoms with Crippen molar-refractivity contribution in [1.82, 2.24) is 14.6 Å². The number of hydrogen-bond donors (Lipinski definition) is 2. The molecule has 0 radical (unpaired) electrons. The van der Waals surface area contributed by atoms with Crippen LogP contribution in [0.3, 0.4) is 0 Å². The second-order valence-corrected chi connectivity index (χ2v) is 14.2. The van der Waals surface area contributed by atoms with Crippen molar-refractivity contribution in [2.24, 2.45) is 16.3 Å². The lowest BCUT2D eigenvalue weighted by atomic mass is 9.70. The van der Waals surface area contributed by atoms with Crippen molar-refractivity contribution in [3.63, 3.8) is 0 Å². The molecule has 10 nitrogen and oxygen atoms in total. The summed E-state index contributed by atoms with van der Waals surface area (Å²) in [4.78, 5) is 34.0. The van der Waals surface area contributed by atoms with Gasteiger partial charge in [0, 0.05) is 46.9 Å². The van der Waals surface area contributed by atoms with E-state index in [0.717, 1.165) is 0 Å². The van der Waals surface area contributed by atoms with Gasteiger partial charge in [-0.3, -0.25) is 9.79 Å². The summed E-state index contributed by atoms with van der Waals surface area (Å²) in [6.07, 6.45) is 2.61. The van der Waals surface area contributed by atoms with Gasteiger partial charge in [-0.1, -0.05) is 17.7 Å². The minimum Gasteiger partial charge on any atom is -0.481 e. The summed E-state index contributed by atoms with van der Waals surface area (Å²) < 4.78 is 47.4. The van der Waals surface area contributed by atoms with E-state index in [1.54, 1.807) is 25.4 Å². The monoisotopic (exact) mass is 624 g/mol. The zero-order valence-corrected chi connectivity index (χ0v) is 24.9. The number of nitrogens with one attached hydrogen (secondary N) is 1. The molecule has 14 heteroatoms. The number of sulfonamides is 1. The molecular weight excluding hydrogens is 595 g/mol. The molecule has 3 heterocycles. The molecule has 0 amide bonds. The third-order valence-corrected chi connectivity index (χ3v) is 11.3. The van der Waals surface area contributed by atoms with Gasteiger partial charge in [0.25, 0.3) is 0 Å². The number of aromatic nitrogens is 1. The predicted octanol–water partition coefficient (Wildman–Crippen LogP) is 4.14. The number of rotatable bonds is 8. The second kappa shape index (κ2) is 11.4. The molecule has 1 aliphatic carbocycles. The molecule has 1 saturated heterocycles. The Hall–Kier alpha value is -2.87. The highest BCUT2D eigenvalue weighted by molar-refractivity contribution is 7.89. The van der Waals surface area contributed by atoms with Crippen LogP contribution in [0.4, 0.5) is 4.39 Å². The molecule has 5 rings (SSSR count). The lowest BCUT2D eigenvalue weighted by Crippen LogP contribution is -2.54. The van der Waals surface area contributed by atoms with Crippen LogP contribution in [0.2, 0.25) is 5.02 Å². The van der Waals surface area contributed by atoms with Crippen LogP contribution in [0.25, 0.3) is 0 Å². The van der Waals surface area contributed by atoms with Crippen molar-refractivity contribution >= 4 is 50.7 Å². The first kappa shape index (κ1) is 29.6. The molecule has 2 fully saturated rings. The fourth-order valence-corrected chi connectivity index (χ4v) is 8.81. The molecule has 1 aromatic heterocycles. The van der Waals surface area contributed by atoms with Crippen LogP contribution in [-0.4, -0.2) is 65.5 Å². The maximum Gasteiger partial charge on any atom is 0.338 e. The summed E-state index contributed by atoms with van der Waals surface area (Å²) in [5, 5.41) is 14.5. The van der Waals surface area contributed by atoms with Gasteiger partial charge in [-0.2, -0.15) is 0 Å². The summed E-state index contributed by atoms with van der Waals surface area (Å²) in [5.41, 5.74) is 0.186. The van der Waals surface area contributed by atoms with Gasteiger partial charge in [-0.15, -0.1) is 11.3 Å². The Bertz CT molecular complexity index is 1510. The van der Waals surface area contributed by atoms with Crippen molar-refractivity contribution < 1.29 is 32.2 Å². The highest BCUT2D eigenvalue weighted by Gasteiger charge is 2.53. The van der Waals surface area contributed by atoms with Crippen molar-refractivity contribution in [3.05, 3.63) is 62.5 Å². The third-order valence-electron chi connectivity index (χ3n) is 7.98. The maximum absolute atomic E-state index is 13.9. The number of nitrogens with zero attached hydrogens (tertiary/aromatic N) is 3. The Kier molecular flexibility index (Phi) is 8.25. The van der Waals surface area contributed by atoms with Crippen molar-refractivity contribution in [2.75, 3.05) is 19.7 Å². The van der Waals surface area contributed by atoms with Crippen LogP contribution in [0, 0.1) is 17.2 Å². The summed E-state index contributed by atoms with van der Waals surface area (Å²) in [5.74, 6) is -1.94. The number of halogens is 2. The van der Waals surface area contributed by atoms with Gasteiger partial charge in [-0.25, -0.2) is 26.9 Å². The van der Waals surface area contributed by atoms with Crippen LogP contribution < -0.4 is 5.32 Å². The Morgan fingerprint density at radius 3 is 2.59 bits per heavy atom. The predicted molar refractivity (Wildman–Crippen MR) is 152 cm³/mol. The number of amidine groups is 1. The highest BCUT2D eigenvalue weighted by atomic mass is 35.5. The largest absolute Gasteiger partial charge is 0.481 e. The maximum atomic E-state index is 13.9. The number of ether oxygens (including phenoxy) is 1. The SMILES string of the molecule is CCOC(=O)C1=C(C2CCN(S(=O)(=O)[C@H]3C[C@](C)(C(=O)O)C3)CC2)NC(c2nccs2)=N[C@@H]1c1ccc(F)cc1Cl. The van der Waals surface area contributed by atoms with E-state index >= 15 is 0 Å². The van der Waals surface area contributed by atoms with Crippen LogP contribution >= 0.6 is 22.9 Å². The number of carboxylic acid groups (broad SMARTS) is 1. The summed E-state index contributed by atoms with van der Waals surface area (Å²) in [6, 6.07) is 3.01. The van der Waals surface area contributed by atoms with E-state index < -0.39 is 44.5 Å². The van der Waals surface area contributed by atoms with E-state index in [9.17, 15) is 27.5 Å². The molecule has 2 aromatic rings. The fourth-order valence-electron chi connectivity index (χ4n) is 5.66. The van der Waals surface area contributed by atoms with Crippen molar-refractivity contribution in [1.29, 1.82) is 0 Å². The molecule has 1 saturated carbocycles. The van der Waals surface area contributed by atoms with Crippen molar-refractivity contribution in [3.8, 4) is 0 Å². The average Bonchev–Trinajstić information content (AvgIpc) is 3.46. The zero-order valence-electron chi connectivity index (χ0n) is 22.5. The molecule has 0 bridgehead atoms.